The summed E-state index contributed by atoms with van der Waals surface area (Å²) in [5.41, 5.74) is -0.981. The molecule has 1 heterocycles. The molecule has 1 fully saturated rings. The molecule has 1 aliphatic heterocycles. The normalized spacial score (nSPS) is 16.8. The van der Waals surface area contributed by atoms with Crippen LogP contribution in [0.5, 0.6) is 0 Å². The second-order valence-corrected chi connectivity index (χ2v) is 4.23. The molecule has 0 unspecified atom stereocenters. The Morgan fingerprint density at radius 1 is 1.28 bits per heavy atom. The zero-order chi connectivity index (χ0) is 13.2. The van der Waals surface area contributed by atoms with Crippen molar-refractivity contribution in [1.82, 2.24) is 4.90 Å². The standard InChI is InChI=1S/C12H13NO5/c14-10(15)12(17)7-13(8-12)11(16)18-6-9-4-2-1-3-5-9/h1-5,17H,6-8H2,(H,14,15). The number of nitrogens with zero attached hydrogens (tertiary/aromatic N) is 1. The number of benzene rings is 1. The molecule has 0 spiro atoms. The van der Waals surface area contributed by atoms with Gasteiger partial charge in [0.05, 0.1) is 13.1 Å². The fraction of sp³-hybridized carbons (Fsp3) is 0.333. The molecule has 0 atom stereocenters. The van der Waals surface area contributed by atoms with E-state index in [9.17, 15) is 14.7 Å². The van der Waals surface area contributed by atoms with Gasteiger partial charge in [-0.2, -0.15) is 0 Å². The largest absolute Gasteiger partial charge is 0.479 e. The minimum atomic E-state index is -1.83. The van der Waals surface area contributed by atoms with Crippen molar-refractivity contribution in [3.8, 4) is 0 Å². The number of likely N-dealkylation sites (tertiary alicyclic amines) is 1. The van der Waals surface area contributed by atoms with E-state index in [2.05, 4.69) is 0 Å². The molecular formula is C12H13NO5. The highest BCUT2D eigenvalue weighted by Crippen LogP contribution is 2.22. The third-order valence-electron chi connectivity index (χ3n) is 2.77. The van der Waals surface area contributed by atoms with Crippen molar-refractivity contribution < 1.29 is 24.5 Å². The van der Waals surface area contributed by atoms with Gasteiger partial charge in [-0.1, -0.05) is 30.3 Å². The van der Waals surface area contributed by atoms with Gasteiger partial charge < -0.3 is 19.8 Å². The van der Waals surface area contributed by atoms with Crippen LogP contribution in [0.2, 0.25) is 0 Å². The number of hydrogen-bond acceptors (Lipinski definition) is 4. The van der Waals surface area contributed by atoms with Crippen molar-refractivity contribution in [1.29, 1.82) is 0 Å². The summed E-state index contributed by atoms with van der Waals surface area (Å²) in [6, 6.07) is 9.15. The van der Waals surface area contributed by atoms with Gasteiger partial charge in [-0.15, -0.1) is 0 Å². The van der Waals surface area contributed by atoms with Crippen LogP contribution in [0.4, 0.5) is 4.79 Å². The van der Waals surface area contributed by atoms with Crippen molar-refractivity contribution >= 4 is 12.1 Å². The van der Waals surface area contributed by atoms with E-state index in [1.54, 1.807) is 0 Å². The average Bonchev–Trinajstić information content (AvgIpc) is 2.33. The van der Waals surface area contributed by atoms with Crippen LogP contribution in [0.3, 0.4) is 0 Å². The van der Waals surface area contributed by atoms with Crippen LogP contribution in [-0.2, 0) is 16.1 Å². The van der Waals surface area contributed by atoms with Crippen molar-refractivity contribution in [3.05, 3.63) is 35.9 Å². The van der Waals surface area contributed by atoms with Crippen molar-refractivity contribution in [3.63, 3.8) is 0 Å². The lowest BCUT2D eigenvalue weighted by molar-refractivity contribution is -0.174. The Bertz CT molecular complexity index is 453. The molecule has 2 rings (SSSR count). The molecule has 0 bridgehead atoms. The summed E-state index contributed by atoms with van der Waals surface area (Å²) in [6.07, 6.45) is -0.621. The van der Waals surface area contributed by atoms with Crippen molar-refractivity contribution in [2.45, 2.75) is 12.2 Å². The van der Waals surface area contributed by atoms with Crippen LogP contribution >= 0.6 is 0 Å². The first-order valence-corrected chi connectivity index (χ1v) is 5.43. The Balaban J connectivity index is 1.80. The Morgan fingerprint density at radius 3 is 2.44 bits per heavy atom. The fourth-order valence-corrected chi connectivity index (χ4v) is 1.66. The highest BCUT2D eigenvalue weighted by molar-refractivity contribution is 5.82. The van der Waals surface area contributed by atoms with Crippen molar-refractivity contribution in [2.75, 3.05) is 13.1 Å². The molecule has 0 saturated carbocycles. The third-order valence-corrected chi connectivity index (χ3v) is 2.77. The summed E-state index contributed by atoms with van der Waals surface area (Å²) in [5, 5.41) is 18.1. The maximum Gasteiger partial charge on any atom is 0.410 e. The molecule has 0 aromatic heterocycles. The number of carbonyl (C=O) groups excluding carboxylic acids is 1. The maximum atomic E-state index is 11.5. The van der Waals surface area contributed by atoms with E-state index in [1.165, 1.54) is 0 Å². The highest BCUT2D eigenvalue weighted by atomic mass is 16.6. The molecule has 2 N–H and O–H groups in total. The van der Waals surface area contributed by atoms with E-state index < -0.39 is 17.7 Å². The van der Waals surface area contributed by atoms with Gasteiger partial charge in [-0.3, -0.25) is 0 Å². The molecule has 1 aromatic rings. The van der Waals surface area contributed by atoms with Crippen LogP contribution in [-0.4, -0.2) is 45.9 Å². The molecule has 0 aliphatic carbocycles. The summed E-state index contributed by atoms with van der Waals surface area (Å²) >= 11 is 0. The minimum absolute atomic E-state index is 0.127. The van der Waals surface area contributed by atoms with Gasteiger partial charge in [0.2, 0.25) is 0 Å². The highest BCUT2D eigenvalue weighted by Gasteiger charge is 2.50. The van der Waals surface area contributed by atoms with Crippen LogP contribution < -0.4 is 0 Å². The minimum Gasteiger partial charge on any atom is -0.479 e. The molecule has 6 heteroatoms. The smallest absolute Gasteiger partial charge is 0.410 e. The summed E-state index contributed by atoms with van der Waals surface area (Å²) in [6.45, 7) is -0.354. The number of rotatable bonds is 3. The first-order valence-electron chi connectivity index (χ1n) is 5.43. The van der Waals surface area contributed by atoms with Crippen LogP contribution in [0, 0.1) is 0 Å². The van der Waals surface area contributed by atoms with Crippen LogP contribution in [0.1, 0.15) is 5.56 Å². The topological polar surface area (TPSA) is 87.1 Å². The van der Waals surface area contributed by atoms with Gasteiger partial charge in [0.1, 0.15) is 6.61 Å². The zero-order valence-corrected chi connectivity index (χ0v) is 9.57. The summed E-state index contributed by atoms with van der Waals surface area (Å²) in [4.78, 5) is 23.3. The molecule has 1 aliphatic rings. The molecule has 6 nitrogen and oxygen atoms in total. The number of carboxylic acid groups (broad SMARTS) is 1. The lowest BCUT2D eigenvalue weighted by atomic mass is 9.95. The lowest BCUT2D eigenvalue weighted by Gasteiger charge is -2.42. The van der Waals surface area contributed by atoms with E-state index in [4.69, 9.17) is 9.84 Å². The Kier molecular flexibility index (Phi) is 3.20. The number of hydrogen-bond donors (Lipinski definition) is 2. The summed E-state index contributed by atoms with van der Waals surface area (Å²) in [7, 11) is 0. The predicted molar refractivity (Wildman–Crippen MR) is 60.8 cm³/mol. The lowest BCUT2D eigenvalue weighted by Crippen LogP contribution is -2.67. The zero-order valence-electron chi connectivity index (χ0n) is 9.57. The first-order chi connectivity index (χ1) is 8.51. The number of aliphatic carboxylic acids is 1. The van der Waals surface area contributed by atoms with E-state index in [-0.39, 0.29) is 19.7 Å². The molecular weight excluding hydrogens is 238 g/mol. The van der Waals surface area contributed by atoms with Crippen molar-refractivity contribution in [2.24, 2.45) is 0 Å². The van der Waals surface area contributed by atoms with Gasteiger partial charge in [-0.05, 0) is 5.56 Å². The molecule has 18 heavy (non-hydrogen) atoms. The second kappa shape index (κ2) is 4.66. The second-order valence-electron chi connectivity index (χ2n) is 4.23. The number of amides is 1. The number of aliphatic hydroxyl groups is 1. The fourth-order valence-electron chi connectivity index (χ4n) is 1.66. The van der Waals surface area contributed by atoms with Crippen LogP contribution in [0.25, 0.3) is 0 Å². The van der Waals surface area contributed by atoms with Gasteiger partial charge >= 0.3 is 12.1 Å². The van der Waals surface area contributed by atoms with Gasteiger partial charge in [-0.25, -0.2) is 9.59 Å². The number of β-amino-alcohol motifs (C(OH)–C–C–N with tert-alkyl or cyclic N) is 1. The van der Waals surface area contributed by atoms with E-state index in [0.717, 1.165) is 10.5 Å². The summed E-state index contributed by atoms with van der Waals surface area (Å²) in [5.74, 6) is -1.32. The van der Waals surface area contributed by atoms with Gasteiger partial charge in [0.25, 0.3) is 0 Å². The van der Waals surface area contributed by atoms with Crippen LogP contribution in [0.15, 0.2) is 30.3 Å². The third kappa shape index (κ3) is 2.43. The molecule has 0 radical (unpaired) electrons. The SMILES string of the molecule is O=C(OCc1ccccc1)N1CC(O)(C(=O)O)C1. The predicted octanol–water partition coefficient (Wildman–Crippen LogP) is 0.455. The molecule has 1 amide bonds. The molecule has 1 saturated heterocycles. The quantitative estimate of drug-likeness (QED) is 0.814. The number of carbonyl (C=O) groups is 2. The van der Waals surface area contributed by atoms with E-state index in [1.807, 2.05) is 30.3 Å². The Morgan fingerprint density at radius 2 is 1.89 bits per heavy atom. The Labute approximate surface area is 103 Å². The Hall–Kier alpha value is -2.08. The van der Waals surface area contributed by atoms with Gasteiger partial charge in [0.15, 0.2) is 5.60 Å². The monoisotopic (exact) mass is 251 g/mol. The first kappa shape index (κ1) is 12.4. The van der Waals surface area contributed by atoms with E-state index >= 15 is 0 Å². The molecule has 96 valence electrons. The molecule has 1 aromatic carbocycles. The van der Waals surface area contributed by atoms with Gasteiger partial charge in [0, 0.05) is 0 Å². The number of carboxylic acids is 1. The van der Waals surface area contributed by atoms with E-state index in [0.29, 0.717) is 0 Å². The number of ether oxygens (including phenoxy) is 1. The average molecular weight is 251 g/mol. The summed E-state index contributed by atoms with van der Waals surface area (Å²) < 4.78 is 4.99. The maximum absolute atomic E-state index is 11.5.